The average Bonchev–Trinajstić information content (AvgIpc) is 2.90. The lowest BCUT2D eigenvalue weighted by Crippen LogP contribution is -2.26. The minimum Gasteiger partial charge on any atom is -0.495 e. The number of hydrogen-bond donors (Lipinski definition) is 2. The Morgan fingerprint density at radius 1 is 1.15 bits per heavy atom. The van der Waals surface area contributed by atoms with E-state index in [-0.39, 0.29) is 9.92 Å². The monoisotopic (exact) mass is 392 g/mol. The summed E-state index contributed by atoms with van der Waals surface area (Å²) in [6.45, 7) is 4.35. The van der Waals surface area contributed by atoms with Crippen molar-refractivity contribution in [2.45, 2.75) is 25.2 Å². The zero-order chi connectivity index (χ0) is 18.9. The molecular formula is C19H21ClN2O3S. The Balaban J connectivity index is 1.76. The number of aromatic nitrogens is 1. The van der Waals surface area contributed by atoms with E-state index in [2.05, 4.69) is 21.8 Å². The maximum absolute atomic E-state index is 12.5. The molecule has 1 aromatic heterocycles. The molecule has 2 aromatic carbocycles. The zero-order valence-corrected chi connectivity index (χ0v) is 16.5. The molecule has 5 nitrogen and oxygen atoms in total. The molecule has 0 aliphatic carbocycles. The van der Waals surface area contributed by atoms with Crippen molar-refractivity contribution in [3.8, 4) is 5.75 Å². The fourth-order valence-corrected chi connectivity index (χ4v) is 4.41. The molecular weight excluding hydrogens is 372 g/mol. The van der Waals surface area contributed by atoms with Crippen LogP contribution in [0.1, 0.15) is 16.8 Å². The van der Waals surface area contributed by atoms with Crippen LogP contribution in [0.4, 0.5) is 0 Å². The van der Waals surface area contributed by atoms with Gasteiger partial charge in [0.2, 0.25) is 10.0 Å². The van der Waals surface area contributed by atoms with Crippen molar-refractivity contribution in [3.63, 3.8) is 0 Å². The Labute approximate surface area is 158 Å². The van der Waals surface area contributed by atoms with Crippen LogP contribution in [0.3, 0.4) is 0 Å². The highest BCUT2D eigenvalue weighted by atomic mass is 35.5. The third kappa shape index (κ3) is 3.72. The maximum Gasteiger partial charge on any atom is 0.240 e. The molecule has 2 N–H and O–H groups in total. The molecule has 0 amide bonds. The molecule has 0 fully saturated rings. The minimum atomic E-state index is -3.64. The molecule has 0 saturated heterocycles. The predicted molar refractivity (Wildman–Crippen MR) is 105 cm³/mol. The van der Waals surface area contributed by atoms with Crippen LogP contribution in [0.2, 0.25) is 5.02 Å². The van der Waals surface area contributed by atoms with Crippen LogP contribution in [0.15, 0.2) is 41.3 Å². The summed E-state index contributed by atoms with van der Waals surface area (Å²) in [5, 5.41) is 1.40. The second-order valence-electron chi connectivity index (χ2n) is 6.22. The number of aromatic amines is 1. The summed E-state index contributed by atoms with van der Waals surface area (Å²) in [5.41, 5.74) is 4.41. The van der Waals surface area contributed by atoms with Crippen molar-refractivity contribution >= 4 is 32.5 Å². The summed E-state index contributed by atoms with van der Waals surface area (Å²) in [7, 11) is -2.15. The zero-order valence-electron chi connectivity index (χ0n) is 14.9. The Bertz CT molecular complexity index is 1060. The van der Waals surface area contributed by atoms with Gasteiger partial charge in [-0.3, -0.25) is 0 Å². The van der Waals surface area contributed by atoms with Crippen LogP contribution in [-0.4, -0.2) is 27.1 Å². The van der Waals surface area contributed by atoms with Gasteiger partial charge in [0.05, 0.1) is 17.0 Å². The largest absolute Gasteiger partial charge is 0.495 e. The average molecular weight is 393 g/mol. The van der Waals surface area contributed by atoms with Gasteiger partial charge in [0, 0.05) is 23.1 Å². The van der Waals surface area contributed by atoms with Gasteiger partial charge in [0.1, 0.15) is 5.75 Å². The fourth-order valence-electron chi connectivity index (χ4n) is 3.03. The van der Waals surface area contributed by atoms with Crippen LogP contribution in [0.25, 0.3) is 10.9 Å². The van der Waals surface area contributed by atoms with E-state index in [1.54, 1.807) is 6.07 Å². The van der Waals surface area contributed by atoms with Gasteiger partial charge in [-0.25, -0.2) is 13.1 Å². The smallest absolute Gasteiger partial charge is 0.240 e. The van der Waals surface area contributed by atoms with Crippen molar-refractivity contribution in [1.29, 1.82) is 0 Å². The number of rotatable bonds is 6. The molecule has 0 aliphatic heterocycles. The molecule has 26 heavy (non-hydrogen) atoms. The summed E-state index contributed by atoms with van der Waals surface area (Å²) in [4.78, 5) is 3.47. The number of methoxy groups -OCH3 is 1. The topological polar surface area (TPSA) is 71.2 Å². The van der Waals surface area contributed by atoms with Crippen molar-refractivity contribution in [2.75, 3.05) is 13.7 Å². The second kappa shape index (κ2) is 7.31. The second-order valence-corrected chi connectivity index (χ2v) is 8.40. The molecule has 0 saturated carbocycles. The van der Waals surface area contributed by atoms with Crippen molar-refractivity contribution in [3.05, 3.63) is 58.2 Å². The molecule has 0 bridgehead atoms. The number of aryl methyl sites for hydroxylation is 2. The highest BCUT2D eigenvalue weighted by Crippen LogP contribution is 2.27. The standard InChI is InChI=1S/C19H21ClN2O3S/c1-12-4-6-18-16(10-12)15(13(2)22-18)8-9-21-26(23,24)14-5-7-19(25-3)17(20)11-14/h4-7,10-11,21-22H,8-9H2,1-3H3. The van der Waals surface area contributed by atoms with E-state index in [1.165, 1.54) is 24.8 Å². The van der Waals surface area contributed by atoms with E-state index in [0.717, 1.165) is 22.2 Å². The molecule has 3 aromatic rings. The van der Waals surface area contributed by atoms with Gasteiger partial charge >= 0.3 is 0 Å². The number of nitrogens with one attached hydrogen (secondary N) is 2. The first-order valence-electron chi connectivity index (χ1n) is 8.23. The van der Waals surface area contributed by atoms with Gasteiger partial charge < -0.3 is 9.72 Å². The molecule has 0 radical (unpaired) electrons. The van der Waals surface area contributed by atoms with E-state index in [0.29, 0.717) is 18.7 Å². The van der Waals surface area contributed by atoms with Crippen molar-refractivity contribution in [1.82, 2.24) is 9.71 Å². The van der Waals surface area contributed by atoms with E-state index in [1.807, 2.05) is 19.9 Å². The summed E-state index contributed by atoms with van der Waals surface area (Å²) >= 11 is 6.03. The van der Waals surface area contributed by atoms with Gasteiger partial charge in [-0.15, -0.1) is 0 Å². The lowest BCUT2D eigenvalue weighted by Gasteiger charge is -2.09. The Morgan fingerprint density at radius 3 is 2.62 bits per heavy atom. The number of hydrogen-bond acceptors (Lipinski definition) is 3. The molecule has 138 valence electrons. The molecule has 0 aliphatic rings. The summed E-state index contributed by atoms with van der Waals surface area (Å²) in [5.74, 6) is 0.440. The number of ether oxygens (including phenoxy) is 1. The number of halogens is 1. The van der Waals surface area contributed by atoms with Gasteiger partial charge in [0.25, 0.3) is 0 Å². The molecule has 0 atom stereocenters. The van der Waals surface area contributed by atoms with Crippen LogP contribution in [-0.2, 0) is 16.4 Å². The quantitative estimate of drug-likeness (QED) is 0.666. The van der Waals surface area contributed by atoms with Crippen molar-refractivity contribution in [2.24, 2.45) is 0 Å². The molecule has 1 heterocycles. The molecule has 0 spiro atoms. The molecule has 3 rings (SSSR count). The van der Waals surface area contributed by atoms with E-state index in [9.17, 15) is 8.42 Å². The Kier molecular flexibility index (Phi) is 5.27. The maximum atomic E-state index is 12.5. The van der Waals surface area contributed by atoms with Crippen LogP contribution in [0.5, 0.6) is 5.75 Å². The highest BCUT2D eigenvalue weighted by molar-refractivity contribution is 7.89. The number of sulfonamides is 1. The summed E-state index contributed by atoms with van der Waals surface area (Å²) in [6, 6.07) is 10.6. The normalized spacial score (nSPS) is 11.8. The first-order valence-corrected chi connectivity index (χ1v) is 10.1. The van der Waals surface area contributed by atoms with Crippen LogP contribution < -0.4 is 9.46 Å². The summed E-state index contributed by atoms with van der Waals surface area (Å²) < 4.78 is 32.7. The summed E-state index contributed by atoms with van der Waals surface area (Å²) in [6.07, 6.45) is 0.596. The van der Waals surface area contributed by atoms with E-state index >= 15 is 0 Å². The highest BCUT2D eigenvalue weighted by Gasteiger charge is 2.16. The van der Waals surface area contributed by atoms with Gasteiger partial charge in [0.15, 0.2) is 0 Å². The fraction of sp³-hybridized carbons (Fsp3) is 0.263. The number of fused-ring (bicyclic) bond motifs is 1. The molecule has 7 heteroatoms. The third-order valence-corrected chi connectivity index (χ3v) is 6.13. The minimum absolute atomic E-state index is 0.120. The van der Waals surface area contributed by atoms with Crippen molar-refractivity contribution < 1.29 is 13.2 Å². The van der Waals surface area contributed by atoms with E-state index in [4.69, 9.17) is 16.3 Å². The third-order valence-electron chi connectivity index (χ3n) is 4.38. The Morgan fingerprint density at radius 2 is 1.92 bits per heavy atom. The SMILES string of the molecule is COc1ccc(S(=O)(=O)NCCc2c(C)[nH]c3ccc(C)cc23)cc1Cl. The molecule has 0 unspecified atom stereocenters. The van der Waals surface area contributed by atoms with Crippen LogP contribution in [0, 0.1) is 13.8 Å². The lowest BCUT2D eigenvalue weighted by atomic mass is 10.1. The number of H-pyrrole nitrogens is 1. The van der Waals surface area contributed by atoms with Crippen LogP contribution >= 0.6 is 11.6 Å². The van der Waals surface area contributed by atoms with E-state index < -0.39 is 10.0 Å². The van der Waals surface area contributed by atoms with Gasteiger partial charge in [-0.1, -0.05) is 23.2 Å². The van der Waals surface area contributed by atoms with Gasteiger partial charge in [-0.05, 0) is 56.2 Å². The Hall–Kier alpha value is -2.02. The lowest BCUT2D eigenvalue weighted by molar-refractivity contribution is 0.414. The predicted octanol–water partition coefficient (Wildman–Crippen LogP) is 3.97. The number of benzene rings is 2. The first kappa shape index (κ1) is 18.8. The first-order chi connectivity index (χ1) is 12.3. The van der Waals surface area contributed by atoms with Gasteiger partial charge in [-0.2, -0.15) is 0 Å².